The first-order valence-corrected chi connectivity index (χ1v) is 6.26. The molecule has 0 bridgehead atoms. The van der Waals surface area contributed by atoms with E-state index in [4.69, 9.17) is 10.8 Å². The minimum atomic E-state index is -1.00. The molecule has 0 aromatic rings. The number of hydrogen-bond acceptors (Lipinski definition) is 4. The molecule has 98 valence electrons. The summed E-state index contributed by atoms with van der Waals surface area (Å²) in [7, 11) is 0. The third kappa shape index (κ3) is 9.00. The van der Waals surface area contributed by atoms with Gasteiger partial charge in [-0.2, -0.15) is 12.6 Å². The van der Waals surface area contributed by atoms with Crippen molar-refractivity contribution in [1.29, 1.82) is 0 Å². The Balaban J connectivity index is 0. The summed E-state index contributed by atoms with van der Waals surface area (Å²) in [5, 5.41) is 8.01. The van der Waals surface area contributed by atoms with Crippen LogP contribution in [0, 0.1) is 0 Å². The van der Waals surface area contributed by atoms with Crippen molar-refractivity contribution in [3.8, 4) is 0 Å². The van der Waals surface area contributed by atoms with Crippen LogP contribution >= 0.6 is 12.6 Å². The van der Waals surface area contributed by atoms with Crippen molar-refractivity contribution in [1.82, 2.24) is 4.90 Å². The molecule has 0 aliphatic rings. The van der Waals surface area contributed by atoms with Crippen molar-refractivity contribution in [3.05, 3.63) is 0 Å². The van der Waals surface area contributed by atoms with Gasteiger partial charge in [-0.25, -0.2) is 0 Å². The molecular weight excluding hydrogens is 224 g/mol. The average Bonchev–Trinajstić information content (AvgIpc) is 2.17. The topological polar surface area (TPSA) is 66.6 Å². The first-order chi connectivity index (χ1) is 7.27. The van der Waals surface area contributed by atoms with Crippen molar-refractivity contribution in [3.63, 3.8) is 0 Å². The van der Waals surface area contributed by atoms with E-state index in [1.54, 1.807) is 0 Å². The molecule has 0 amide bonds. The standard InChI is InChI=1S/C8H19N.C3H7NO2S/c1-6-9(7(2)3)8(4)5;4-2(1-7)3(5)6/h7-8H,6H2,1-5H3;2,7H,1,4H2,(H,5,6). The van der Waals surface area contributed by atoms with E-state index in [9.17, 15) is 4.79 Å². The zero-order valence-corrected chi connectivity index (χ0v) is 11.9. The summed E-state index contributed by atoms with van der Waals surface area (Å²) in [4.78, 5) is 12.2. The maximum absolute atomic E-state index is 9.76. The fourth-order valence-corrected chi connectivity index (χ4v) is 1.56. The van der Waals surface area contributed by atoms with Crippen LogP contribution < -0.4 is 5.73 Å². The van der Waals surface area contributed by atoms with Gasteiger partial charge in [0, 0.05) is 17.8 Å². The number of carbonyl (C=O) groups is 1. The second-order valence-corrected chi connectivity index (χ2v) is 4.51. The van der Waals surface area contributed by atoms with E-state index < -0.39 is 12.0 Å². The lowest BCUT2D eigenvalue weighted by molar-refractivity contribution is -0.137. The molecule has 0 aromatic heterocycles. The van der Waals surface area contributed by atoms with Gasteiger partial charge in [-0.05, 0) is 34.2 Å². The van der Waals surface area contributed by atoms with Gasteiger partial charge in [-0.3, -0.25) is 9.69 Å². The highest BCUT2D eigenvalue weighted by molar-refractivity contribution is 7.80. The molecule has 16 heavy (non-hydrogen) atoms. The van der Waals surface area contributed by atoms with Gasteiger partial charge >= 0.3 is 5.97 Å². The highest BCUT2D eigenvalue weighted by Crippen LogP contribution is 2.02. The largest absolute Gasteiger partial charge is 0.480 e. The molecule has 0 radical (unpaired) electrons. The molecule has 0 aliphatic heterocycles. The number of nitrogens with zero attached hydrogens (tertiary/aromatic N) is 1. The predicted octanol–water partition coefficient (Wildman–Crippen LogP) is 1.45. The smallest absolute Gasteiger partial charge is 0.321 e. The van der Waals surface area contributed by atoms with Crippen LogP contribution in [0.1, 0.15) is 34.6 Å². The fourth-order valence-electron chi connectivity index (χ4n) is 1.40. The Morgan fingerprint density at radius 3 is 1.69 bits per heavy atom. The summed E-state index contributed by atoms with van der Waals surface area (Å²) >= 11 is 3.65. The Morgan fingerprint density at radius 2 is 1.69 bits per heavy atom. The van der Waals surface area contributed by atoms with Crippen molar-refractivity contribution in [2.45, 2.75) is 52.7 Å². The Bertz CT molecular complexity index is 179. The fraction of sp³-hybridized carbons (Fsp3) is 0.909. The highest BCUT2D eigenvalue weighted by atomic mass is 32.1. The van der Waals surface area contributed by atoms with Crippen LogP contribution in [0.5, 0.6) is 0 Å². The molecule has 0 saturated carbocycles. The molecule has 0 aliphatic carbocycles. The monoisotopic (exact) mass is 250 g/mol. The van der Waals surface area contributed by atoms with Crippen LogP contribution in [0.3, 0.4) is 0 Å². The van der Waals surface area contributed by atoms with E-state index in [2.05, 4.69) is 52.1 Å². The van der Waals surface area contributed by atoms with Gasteiger partial charge in [0.1, 0.15) is 6.04 Å². The molecule has 0 aromatic carbocycles. The first-order valence-electron chi connectivity index (χ1n) is 5.62. The number of rotatable bonds is 5. The third-order valence-electron chi connectivity index (χ3n) is 2.21. The molecule has 5 heteroatoms. The number of thiol groups is 1. The van der Waals surface area contributed by atoms with Gasteiger partial charge in [-0.1, -0.05) is 6.92 Å². The molecule has 0 heterocycles. The zero-order chi connectivity index (χ0) is 13.3. The lowest BCUT2D eigenvalue weighted by Crippen LogP contribution is -2.36. The summed E-state index contributed by atoms with van der Waals surface area (Å²) in [6, 6.07) is 0.563. The lowest BCUT2D eigenvalue weighted by atomic mass is 10.2. The predicted molar refractivity (Wildman–Crippen MR) is 72.1 cm³/mol. The minimum absolute atomic E-state index is 0.190. The van der Waals surface area contributed by atoms with Gasteiger partial charge in [0.25, 0.3) is 0 Å². The number of aliphatic carboxylic acids is 1. The molecular formula is C11H26N2O2S. The van der Waals surface area contributed by atoms with Crippen LogP contribution in [0.25, 0.3) is 0 Å². The zero-order valence-electron chi connectivity index (χ0n) is 11.0. The SMILES string of the molecule is CCN(C(C)C)C(C)C.NC(CS)C(=O)O. The average molecular weight is 250 g/mol. The molecule has 1 unspecified atom stereocenters. The summed E-state index contributed by atoms with van der Waals surface area (Å²) in [5.41, 5.74) is 4.94. The van der Waals surface area contributed by atoms with Crippen LogP contribution in [-0.4, -0.2) is 46.4 Å². The summed E-state index contributed by atoms with van der Waals surface area (Å²) in [5.74, 6) is -0.815. The lowest BCUT2D eigenvalue weighted by Gasteiger charge is -2.28. The minimum Gasteiger partial charge on any atom is -0.480 e. The van der Waals surface area contributed by atoms with E-state index in [0.29, 0.717) is 12.1 Å². The van der Waals surface area contributed by atoms with Crippen LogP contribution in [0.15, 0.2) is 0 Å². The van der Waals surface area contributed by atoms with E-state index in [1.807, 2.05) is 0 Å². The molecule has 3 N–H and O–H groups in total. The van der Waals surface area contributed by atoms with Crippen LogP contribution in [0.2, 0.25) is 0 Å². The Labute approximate surface area is 105 Å². The Hall–Kier alpha value is -0.260. The van der Waals surface area contributed by atoms with E-state index in [0.717, 1.165) is 6.54 Å². The Morgan fingerprint density at radius 1 is 1.31 bits per heavy atom. The molecule has 0 rings (SSSR count). The van der Waals surface area contributed by atoms with Crippen molar-refractivity contribution in [2.24, 2.45) is 5.73 Å². The second-order valence-electron chi connectivity index (χ2n) is 4.15. The van der Waals surface area contributed by atoms with E-state index >= 15 is 0 Å². The number of carboxylic acid groups (broad SMARTS) is 1. The van der Waals surface area contributed by atoms with Crippen molar-refractivity contribution in [2.75, 3.05) is 12.3 Å². The van der Waals surface area contributed by atoms with Crippen molar-refractivity contribution >= 4 is 18.6 Å². The second kappa shape index (κ2) is 9.93. The van der Waals surface area contributed by atoms with Gasteiger partial charge < -0.3 is 10.8 Å². The number of hydrogen-bond donors (Lipinski definition) is 3. The number of nitrogens with two attached hydrogens (primary N) is 1. The van der Waals surface area contributed by atoms with Crippen LogP contribution in [-0.2, 0) is 4.79 Å². The van der Waals surface area contributed by atoms with E-state index in [-0.39, 0.29) is 5.75 Å². The maximum Gasteiger partial charge on any atom is 0.321 e. The maximum atomic E-state index is 9.76. The van der Waals surface area contributed by atoms with Crippen molar-refractivity contribution < 1.29 is 9.90 Å². The highest BCUT2D eigenvalue weighted by Gasteiger charge is 2.09. The van der Waals surface area contributed by atoms with Gasteiger partial charge in [-0.15, -0.1) is 0 Å². The van der Waals surface area contributed by atoms with E-state index in [1.165, 1.54) is 0 Å². The van der Waals surface area contributed by atoms with Crippen LogP contribution in [0.4, 0.5) is 0 Å². The molecule has 1 atom stereocenters. The quantitative estimate of drug-likeness (QED) is 0.646. The van der Waals surface area contributed by atoms with Gasteiger partial charge in [0.05, 0.1) is 0 Å². The first kappa shape index (κ1) is 18.1. The third-order valence-corrected chi connectivity index (χ3v) is 2.60. The molecule has 0 fully saturated rings. The molecule has 4 nitrogen and oxygen atoms in total. The van der Waals surface area contributed by atoms with Gasteiger partial charge in [0.2, 0.25) is 0 Å². The molecule has 0 saturated heterocycles. The van der Waals surface area contributed by atoms with Gasteiger partial charge in [0.15, 0.2) is 0 Å². The Kier molecular flexibility index (Phi) is 11.2. The molecule has 0 spiro atoms. The normalized spacial score (nSPS) is 12.6. The summed E-state index contributed by atoms with van der Waals surface area (Å²) in [6.45, 7) is 12.3. The summed E-state index contributed by atoms with van der Waals surface area (Å²) < 4.78 is 0. The number of carboxylic acids is 1. The summed E-state index contributed by atoms with van der Waals surface area (Å²) in [6.07, 6.45) is 0.